The zero-order valence-electron chi connectivity index (χ0n) is 6.71. The third-order valence-corrected chi connectivity index (χ3v) is 1.90. The van der Waals surface area contributed by atoms with E-state index < -0.39 is 36.1 Å². The topological polar surface area (TPSA) is 41.3 Å². The molecule has 1 rings (SSSR count). The summed E-state index contributed by atoms with van der Waals surface area (Å²) in [6, 6.07) is 0. The van der Waals surface area contributed by atoms with Crippen molar-refractivity contribution in [1.29, 1.82) is 0 Å². The Balaban J connectivity index is 2.75. The third kappa shape index (κ3) is 1.93. The summed E-state index contributed by atoms with van der Waals surface area (Å²) in [6.07, 6.45) is -9.72. The fourth-order valence-corrected chi connectivity index (χ4v) is 1.000. The van der Waals surface area contributed by atoms with Crippen LogP contribution in [0, 0.1) is 0 Å². The van der Waals surface area contributed by atoms with Gasteiger partial charge in [-0.05, 0) is 0 Å². The molecule has 0 spiro atoms. The van der Waals surface area contributed by atoms with E-state index in [0.717, 1.165) is 0 Å². The molecule has 1 unspecified atom stereocenters. The Labute approximate surface area is 74.8 Å². The van der Waals surface area contributed by atoms with Crippen LogP contribution in [-0.4, -0.2) is 36.1 Å². The van der Waals surface area contributed by atoms with Crippen molar-refractivity contribution in [3.63, 3.8) is 0 Å². The highest BCUT2D eigenvalue weighted by Crippen LogP contribution is 2.34. The first kappa shape index (κ1) is 11.5. The van der Waals surface area contributed by atoms with E-state index in [-0.39, 0.29) is 0 Å². The first-order valence-electron chi connectivity index (χ1n) is 3.50. The lowest BCUT2D eigenvalue weighted by Gasteiger charge is -2.26. The summed E-state index contributed by atoms with van der Waals surface area (Å²) in [4.78, 5) is 0. The maximum Gasteiger partial charge on any atom is 0.473 e. The van der Waals surface area contributed by atoms with Crippen molar-refractivity contribution in [1.82, 2.24) is 10.4 Å². The van der Waals surface area contributed by atoms with Crippen molar-refractivity contribution in [2.24, 2.45) is 5.73 Å². The molecule has 0 aromatic carbocycles. The minimum absolute atomic E-state index is 0.472. The van der Waals surface area contributed by atoms with Gasteiger partial charge in [-0.2, -0.15) is 26.3 Å². The monoisotopic (exact) mass is 223 g/mol. The molecule has 0 amide bonds. The van der Waals surface area contributed by atoms with Crippen molar-refractivity contribution in [2.75, 3.05) is 13.1 Å². The summed E-state index contributed by atoms with van der Waals surface area (Å²) >= 11 is 0. The van der Waals surface area contributed by atoms with E-state index in [2.05, 4.69) is 0 Å². The van der Waals surface area contributed by atoms with Crippen LogP contribution in [-0.2, 0) is 0 Å². The molecule has 0 aliphatic carbocycles. The quantitative estimate of drug-likeness (QED) is 0.466. The number of hydrogen-bond acceptors (Lipinski definition) is 3. The predicted molar refractivity (Wildman–Crippen MR) is 33.7 cm³/mol. The minimum atomic E-state index is -4.86. The molecule has 14 heavy (non-hydrogen) atoms. The molecule has 1 aliphatic rings. The SMILES string of the molecule is NC1(C(F)(F)F)CNN(C(F)(F)F)C1. The number of halogens is 6. The number of hydrazine groups is 1. The average Bonchev–Trinajstić information content (AvgIpc) is 2.29. The number of nitrogens with two attached hydrogens (primary N) is 1. The number of rotatable bonds is 0. The molecule has 1 saturated heterocycles. The molecule has 1 fully saturated rings. The summed E-state index contributed by atoms with van der Waals surface area (Å²) in [6.45, 7) is -2.31. The summed E-state index contributed by atoms with van der Waals surface area (Å²) in [5.41, 5.74) is 3.51. The smallest absolute Gasteiger partial charge is 0.315 e. The maximum absolute atomic E-state index is 12.1. The largest absolute Gasteiger partial charge is 0.473 e. The van der Waals surface area contributed by atoms with Gasteiger partial charge in [0.25, 0.3) is 0 Å². The molecular formula is C5H7F6N3. The van der Waals surface area contributed by atoms with E-state index >= 15 is 0 Å². The second kappa shape index (κ2) is 2.97. The van der Waals surface area contributed by atoms with Crippen LogP contribution in [0.2, 0.25) is 0 Å². The van der Waals surface area contributed by atoms with Gasteiger partial charge in [0, 0.05) is 6.54 Å². The molecule has 0 saturated carbocycles. The fraction of sp³-hybridized carbons (Fsp3) is 1.00. The second-order valence-corrected chi connectivity index (χ2v) is 3.04. The lowest BCUT2D eigenvalue weighted by atomic mass is 10.0. The Morgan fingerprint density at radius 2 is 1.64 bits per heavy atom. The Bertz CT molecular complexity index is 222. The Morgan fingerprint density at radius 3 is 1.86 bits per heavy atom. The molecule has 1 atom stereocenters. The van der Waals surface area contributed by atoms with Crippen molar-refractivity contribution in [3.05, 3.63) is 0 Å². The third-order valence-electron chi connectivity index (χ3n) is 1.90. The van der Waals surface area contributed by atoms with E-state index in [4.69, 9.17) is 5.73 Å². The van der Waals surface area contributed by atoms with Crippen LogP contribution in [0.3, 0.4) is 0 Å². The second-order valence-electron chi connectivity index (χ2n) is 3.04. The van der Waals surface area contributed by atoms with Gasteiger partial charge in [-0.25, -0.2) is 5.43 Å². The Morgan fingerprint density at radius 1 is 1.14 bits per heavy atom. The zero-order chi connectivity index (χ0) is 11.2. The lowest BCUT2D eigenvalue weighted by molar-refractivity contribution is -0.260. The first-order valence-corrected chi connectivity index (χ1v) is 3.50. The molecule has 0 aromatic heterocycles. The number of alkyl halides is 6. The molecule has 0 aromatic rings. The van der Waals surface area contributed by atoms with Gasteiger partial charge in [-0.3, -0.25) is 0 Å². The maximum atomic E-state index is 12.1. The van der Waals surface area contributed by atoms with Crippen LogP contribution in [0.4, 0.5) is 26.3 Å². The summed E-state index contributed by atoms with van der Waals surface area (Å²) < 4.78 is 72.2. The van der Waals surface area contributed by atoms with Gasteiger partial charge in [0.2, 0.25) is 0 Å². The number of nitrogens with zero attached hydrogens (tertiary/aromatic N) is 1. The molecule has 3 nitrogen and oxygen atoms in total. The molecule has 0 radical (unpaired) electrons. The summed E-state index contributed by atoms with van der Waals surface area (Å²) in [7, 11) is 0. The van der Waals surface area contributed by atoms with Gasteiger partial charge < -0.3 is 5.73 Å². The van der Waals surface area contributed by atoms with Gasteiger partial charge in [0.15, 0.2) is 0 Å². The van der Waals surface area contributed by atoms with Gasteiger partial charge >= 0.3 is 12.5 Å². The predicted octanol–water partition coefficient (Wildman–Crippen LogP) is 0.586. The summed E-state index contributed by atoms with van der Waals surface area (Å²) in [5, 5.41) is -0.472. The molecule has 1 heterocycles. The van der Waals surface area contributed by atoms with Crippen LogP contribution in [0.15, 0.2) is 0 Å². The highest BCUT2D eigenvalue weighted by molar-refractivity contribution is 5.00. The lowest BCUT2D eigenvalue weighted by Crippen LogP contribution is -2.58. The summed E-state index contributed by atoms with van der Waals surface area (Å²) in [5.74, 6) is 0. The van der Waals surface area contributed by atoms with Crippen LogP contribution in [0.1, 0.15) is 0 Å². The van der Waals surface area contributed by atoms with Crippen molar-refractivity contribution >= 4 is 0 Å². The normalized spacial score (nSPS) is 31.1. The number of hydrogen-bond donors (Lipinski definition) is 2. The van der Waals surface area contributed by atoms with Crippen LogP contribution < -0.4 is 11.2 Å². The van der Waals surface area contributed by atoms with Gasteiger partial charge in [0.1, 0.15) is 5.54 Å². The van der Waals surface area contributed by atoms with Crippen molar-refractivity contribution in [3.8, 4) is 0 Å². The van der Waals surface area contributed by atoms with Gasteiger partial charge in [-0.1, -0.05) is 0 Å². The van der Waals surface area contributed by atoms with E-state index in [1.165, 1.54) is 0 Å². The van der Waals surface area contributed by atoms with Crippen LogP contribution in [0.5, 0.6) is 0 Å². The Hall–Kier alpha value is -0.540. The van der Waals surface area contributed by atoms with E-state index in [1.807, 2.05) is 0 Å². The highest BCUT2D eigenvalue weighted by Gasteiger charge is 2.59. The van der Waals surface area contributed by atoms with Crippen molar-refractivity contribution < 1.29 is 26.3 Å². The fourth-order valence-electron chi connectivity index (χ4n) is 1.000. The Kier molecular flexibility index (Phi) is 2.45. The average molecular weight is 223 g/mol. The van der Waals surface area contributed by atoms with Gasteiger partial charge in [-0.15, -0.1) is 5.01 Å². The minimum Gasteiger partial charge on any atom is -0.315 e. The highest BCUT2D eigenvalue weighted by atomic mass is 19.4. The van der Waals surface area contributed by atoms with E-state index in [0.29, 0.717) is 0 Å². The van der Waals surface area contributed by atoms with Gasteiger partial charge in [0.05, 0.1) is 6.54 Å². The van der Waals surface area contributed by atoms with E-state index in [9.17, 15) is 26.3 Å². The molecule has 0 bridgehead atoms. The standard InChI is InChI=1S/C5H7F6N3/c6-4(7,8)3(12)1-13-14(2-3)5(9,10)11/h13H,1-2,12H2. The molecule has 9 heteroatoms. The zero-order valence-corrected chi connectivity index (χ0v) is 6.71. The molecule has 3 N–H and O–H groups in total. The van der Waals surface area contributed by atoms with E-state index in [1.54, 1.807) is 5.43 Å². The molecular weight excluding hydrogens is 216 g/mol. The van der Waals surface area contributed by atoms with Crippen LogP contribution in [0.25, 0.3) is 0 Å². The molecule has 84 valence electrons. The van der Waals surface area contributed by atoms with Crippen molar-refractivity contribution in [2.45, 2.75) is 18.0 Å². The first-order chi connectivity index (χ1) is 6.06. The number of nitrogens with one attached hydrogen (secondary N) is 1. The molecule has 1 aliphatic heterocycles. The van der Waals surface area contributed by atoms with Crippen LogP contribution >= 0.6 is 0 Å².